The van der Waals surface area contributed by atoms with E-state index in [9.17, 15) is 0 Å². The standard InChI is InChI=1S/C26H45N/c1-10-13-16-25(20-27-19-24(14-11-2)15-12-3)23(6)21(4)17-18-22(5)26(7,8)9/h10,13,16-18,24,27H,6,11-12,14-15,19-20H2,1-5,7-9H3/b13-10-,21-17+,22-18+,25-16-. The van der Waals surface area contributed by atoms with Crippen LogP contribution in [0.3, 0.4) is 0 Å². The lowest BCUT2D eigenvalue weighted by Crippen LogP contribution is -2.25. The van der Waals surface area contributed by atoms with Gasteiger partial charge in [-0.3, -0.25) is 0 Å². The first-order chi connectivity index (χ1) is 12.7. The number of hydrogen-bond acceptors (Lipinski definition) is 1. The average molecular weight is 372 g/mol. The van der Waals surface area contributed by atoms with Crippen molar-refractivity contribution in [2.75, 3.05) is 13.1 Å². The van der Waals surface area contributed by atoms with E-state index in [2.05, 4.69) is 97.7 Å². The van der Waals surface area contributed by atoms with Crippen LogP contribution in [0.1, 0.15) is 81.1 Å². The molecule has 0 bridgehead atoms. The predicted molar refractivity (Wildman–Crippen MR) is 125 cm³/mol. The molecule has 1 N–H and O–H groups in total. The van der Waals surface area contributed by atoms with Crippen LogP contribution in [0.4, 0.5) is 0 Å². The molecule has 0 spiro atoms. The molecule has 1 nitrogen and oxygen atoms in total. The molecule has 0 rings (SSSR count). The van der Waals surface area contributed by atoms with Gasteiger partial charge in [-0.25, -0.2) is 0 Å². The van der Waals surface area contributed by atoms with Crippen molar-refractivity contribution in [1.29, 1.82) is 0 Å². The van der Waals surface area contributed by atoms with Crippen LogP contribution >= 0.6 is 0 Å². The normalized spacial score (nSPS) is 14.5. The second-order valence-corrected chi connectivity index (χ2v) is 8.72. The Bertz CT molecular complexity index is 543. The van der Waals surface area contributed by atoms with E-state index >= 15 is 0 Å². The van der Waals surface area contributed by atoms with E-state index in [4.69, 9.17) is 0 Å². The van der Waals surface area contributed by atoms with Gasteiger partial charge in [0.1, 0.15) is 0 Å². The molecule has 0 aromatic rings. The molecular weight excluding hydrogens is 326 g/mol. The van der Waals surface area contributed by atoms with Crippen molar-refractivity contribution in [2.45, 2.75) is 81.1 Å². The van der Waals surface area contributed by atoms with Crippen molar-refractivity contribution in [2.24, 2.45) is 11.3 Å². The van der Waals surface area contributed by atoms with Gasteiger partial charge in [-0.1, -0.05) is 90.0 Å². The summed E-state index contributed by atoms with van der Waals surface area (Å²) in [5.41, 5.74) is 5.22. The summed E-state index contributed by atoms with van der Waals surface area (Å²) in [5, 5.41) is 3.68. The zero-order chi connectivity index (χ0) is 20.9. The molecule has 154 valence electrons. The smallest absolute Gasteiger partial charge is 0.0211 e. The summed E-state index contributed by atoms with van der Waals surface area (Å²) in [7, 11) is 0. The summed E-state index contributed by atoms with van der Waals surface area (Å²) >= 11 is 0. The van der Waals surface area contributed by atoms with Gasteiger partial charge in [-0.15, -0.1) is 0 Å². The molecular formula is C26H45N. The van der Waals surface area contributed by atoms with Gasteiger partial charge in [0, 0.05) is 6.54 Å². The SMILES string of the molecule is C=C(/C(C)=C/C=C(\C)C(C)(C)C)/C(=C\C=C/C)CNCC(CCC)CCC. The Kier molecular flexibility index (Phi) is 13.1. The molecule has 0 atom stereocenters. The Hall–Kier alpha value is -1.34. The lowest BCUT2D eigenvalue weighted by Gasteiger charge is -2.19. The van der Waals surface area contributed by atoms with Gasteiger partial charge in [-0.05, 0) is 68.2 Å². The molecule has 0 unspecified atom stereocenters. The summed E-state index contributed by atoms with van der Waals surface area (Å²) in [6.45, 7) is 24.1. The van der Waals surface area contributed by atoms with Crippen molar-refractivity contribution in [3.8, 4) is 0 Å². The lowest BCUT2D eigenvalue weighted by molar-refractivity contribution is 0.417. The number of hydrogen-bond donors (Lipinski definition) is 1. The van der Waals surface area contributed by atoms with Crippen molar-refractivity contribution < 1.29 is 0 Å². The van der Waals surface area contributed by atoms with E-state index in [1.165, 1.54) is 42.4 Å². The molecule has 0 saturated carbocycles. The first-order valence-electron chi connectivity index (χ1n) is 10.7. The van der Waals surface area contributed by atoms with Crippen molar-refractivity contribution in [3.05, 3.63) is 59.3 Å². The number of allylic oxidation sites excluding steroid dienone is 7. The molecule has 0 radical (unpaired) electrons. The Balaban J connectivity index is 5.11. The highest BCUT2D eigenvalue weighted by molar-refractivity contribution is 5.47. The number of rotatable bonds is 12. The van der Waals surface area contributed by atoms with Gasteiger partial charge in [0.2, 0.25) is 0 Å². The maximum Gasteiger partial charge on any atom is 0.0211 e. The molecule has 0 aromatic carbocycles. The topological polar surface area (TPSA) is 12.0 Å². The zero-order valence-corrected chi connectivity index (χ0v) is 19.4. The number of nitrogens with one attached hydrogen (secondary N) is 1. The third-order valence-electron chi connectivity index (χ3n) is 5.26. The fourth-order valence-corrected chi connectivity index (χ4v) is 2.91. The van der Waals surface area contributed by atoms with Crippen molar-refractivity contribution >= 4 is 0 Å². The minimum Gasteiger partial charge on any atom is -0.312 e. The van der Waals surface area contributed by atoms with Crippen LogP contribution in [0.5, 0.6) is 0 Å². The maximum atomic E-state index is 4.38. The Morgan fingerprint density at radius 3 is 2.07 bits per heavy atom. The third-order valence-corrected chi connectivity index (χ3v) is 5.26. The molecule has 0 saturated heterocycles. The van der Waals surface area contributed by atoms with Crippen LogP contribution in [0.25, 0.3) is 0 Å². The monoisotopic (exact) mass is 371 g/mol. The molecule has 0 fully saturated rings. The van der Waals surface area contributed by atoms with E-state index in [0.29, 0.717) is 0 Å². The van der Waals surface area contributed by atoms with Gasteiger partial charge in [-0.2, -0.15) is 0 Å². The minimum absolute atomic E-state index is 0.205. The van der Waals surface area contributed by atoms with Crippen LogP contribution in [0, 0.1) is 11.3 Å². The highest BCUT2D eigenvalue weighted by Gasteiger charge is 2.12. The molecule has 0 aliphatic carbocycles. The van der Waals surface area contributed by atoms with Gasteiger partial charge >= 0.3 is 0 Å². The zero-order valence-electron chi connectivity index (χ0n) is 19.4. The fourth-order valence-electron chi connectivity index (χ4n) is 2.91. The lowest BCUT2D eigenvalue weighted by atomic mass is 9.87. The highest BCUT2D eigenvalue weighted by Crippen LogP contribution is 2.25. The first-order valence-corrected chi connectivity index (χ1v) is 10.7. The van der Waals surface area contributed by atoms with Crippen LogP contribution in [-0.4, -0.2) is 13.1 Å². The van der Waals surface area contributed by atoms with E-state index in [1.807, 2.05) is 0 Å². The third kappa shape index (κ3) is 11.2. The largest absolute Gasteiger partial charge is 0.312 e. The van der Waals surface area contributed by atoms with Gasteiger partial charge in [0.15, 0.2) is 0 Å². The van der Waals surface area contributed by atoms with E-state index in [1.54, 1.807) is 0 Å². The van der Waals surface area contributed by atoms with Crippen LogP contribution in [-0.2, 0) is 0 Å². The summed E-state index contributed by atoms with van der Waals surface area (Å²) in [5.74, 6) is 0.783. The summed E-state index contributed by atoms with van der Waals surface area (Å²) in [6.07, 6.45) is 16.0. The summed E-state index contributed by atoms with van der Waals surface area (Å²) < 4.78 is 0. The van der Waals surface area contributed by atoms with Crippen LogP contribution < -0.4 is 5.32 Å². The van der Waals surface area contributed by atoms with Gasteiger partial charge in [0.25, 0.3) is 0 Å². The first kappa shape index (κ1) is 25.7. The van der Waals surface area contributed by atoms with Crippen LogP contribution in [0.15, 0.2) is 59.3 Å². The minimum atomic E-state index is 0.205. The summed E-state index contributed by atoms with van der Waals surface area (Å²) in [6, 6.07) is 0. The van der Waals surface area contributed by atoms with Crippen molar-refractivity contribution in [3.63, 3.8) is 0 Å². The predicted octanol–water partition coefficient (Wildman–Crippen LogP) is 7.79. The summed E-state index contributed by atoms with van der Waals surface area (Å²) in [4.78, 5) is 0. The molecule has 0 amide bonds. The molecule has 27 heavy (non-hydrogen) atoms. The Morgan fingerprint density at radius 1 is 1.00 bits per heavy atom. The van der Waals surface area contributed by atoms with E-state index in [0.717, 1.165) is 24.6 Å². The van der Waals surface area contributed by atoms with E-state index < -0.39 is 0 Å². The highest BCUT2D eigenvalue weighted by atomic mass is 14.9. The van der Waals surface area contributed by atoms with E-state index in [-0.39, 0.29) is 5.41 Å². The Morgan fingerprint density at radius 2 is 1.59 bits per heavy atom. The molecule has 0 aliphatic rings. The molecule has 1 heteroatoms. The van der Waals surface area contributed by atoms with Gasteiger partial charge < -0.3 is 5.32 Å². The molecule has 0 heterocycles. The molecule has 0 aromatic heterocycles. The molecule has 0 aliphatic heterocycles. The average Bonchev–Trinajstić information content (AvgIpc) is 2.61. The van der Waals surface area contributed by atoms with Crippen molar-refractivity contribution in [1.82, 2.24) is 5.32 Å². The van der Waals surface area contributed by atoms with Crippen LogP contribution in [0.2, 0.25) is 0 Å². The quantitative estimate of drug-likeness (QED) is 0.345. The van der Waals surface area contributed by atoms with Gasteiger partial charge in [0.05, 0.1) is 0 Å². The second kappa shape index (κ2) is 13.8. The maximum absolute atomic E-state index is 4.38. The Labute approximate surface area is 170 Å². The second-order valence-electron chi connectivity index (χ2n) is 8.72. The fraction of sp³-hybridized carbons (Fsp3) is 0.615.